The van der Waals surface area contributed by atoms with Crippen molar-refractivity contribution in [3.63, 3.8) is 0 Å². The largest absolute Gasteiger partial charge is 0.481 e. The lowest BCUT2D eigenvalue weighted by Crippen LogP contribution is -2.41. The zero-order valence-corrected chi connectivity index (χ0v) is 10.8. The average molecular weight is 265 g/mol. The zero-order valence-electron chi connectivity index (χ0n) is 10.8. The van der Waals surface area contributed by atoms with Crippen molar-refractivity contribution in [3.05, 3.63) is 29.6 Å². The van der Waals surface area contributed by atoms with Crippen LogP contribution in [-0.2, 0) is 9.59 Å². The number of Topliss-reactive ketones (excluding diaryl/α,β-unsaturated/α-hetero) is 1. The first-order valence-corrected chi connectivity index (χ1v) is 6.25. The van der Waals surface area contributed by atoms with Gasteiger partial charge in [0.2, 0.25) is 0 Å². The van der Waals surface area contributed by atoms with Crippen LogP contribution in [0.1, 0.15) is 18.4 Å². The van der Waals surface area contributed by atoms with Gasteiger partial charge in [0, 0.05) is 25.9 Å². The number of carbonyl (C=O) groups excluding carboxylic acids is 2. The normalized spacial score (nSPS) is 15.5. The van der Waals surface area contributed by atoms with Crippen molar-refractivity contribution < 1.29 is 18.7 Å². The molecule has 19 heavy (non-hydrogen) atoms. The molecule has 0 bridgehead atoms. The highest BCUT2D eigenvalue weighted by Crippen LogP contribution is 2.19. The molecule has 1 aromatic carbocycles. The lowest BCUT2D eigenvalue weighted by Gasteiger charge is -2.26. The maximum absolute atomic E-state index is 13.7. The van der Waals surface area contributed by atoms with Gasteiger partial charge in [-0.05, 0) is 18.6 Å². The molecule has 1 aliphatic heterocycles. The molecular weight excluding hydrogens is 249 g/mol. The fraction of sp³-hybridized carbons (Fsp3) is 0.429. The summed E-state index contributed by atoms with van der Waals surface area (Å²) in [6.45, 7) is 2.30. The van der Waals surface area contributed by atoms with Crippen LogP contribution < -0.4 is 4.74 Å². The Balaban J connectivity index is 1.90. The standard InChI is InChI=1S/C14H16FNO3/c1-10-3-2-4-12(14(10)15)19-9-13(18)16-7-5-11(17)6-8-16/h2-4H,5-9H2,1H3. The summed E-state index contributed by atoms with van der Waals surface area (Å²) in [5, 5.41) is 0. The van der Waals surface area contributed by atoms with Crippen LogP contribution in [0.25, 0.3) is 0 Å². The highest BCUT2D eigenvalue weighted by Gasteiger charge is 2.21. The van der Waals surface area contributed by atoms with E-state index in [9.17, 15) is 14.0 Å². The van der Waals surface area contributed by atoms with Crippen LogP contribution in [0.3, 0.4) is 0 Å². The van der Waals surface area contributed by atoms with E-state index < -0.39 is 5.82 Å². The number of halogens is 1. The Bertz CT molecular complexity index is 491. The lowest BCUT2D eigenvalue weighted by atomic mass is 10.1. The smallest absolute Gasteiger partial charge is 0.260 e. The molecule has 0 radical (unpaired) electrons. The summed E-state index contributed by atoms with van der Waals surface area (Å²) in [4.78, 5) is 24.5. The fourth-order valence-corrected chi connectivity index (χ4v) is 1.97. The molecule has 0 unspecified atom stereocenters. The number of ether oxygens (including phenoxy) is 1. The third kappa shape index (κ3) is 3.30. The van der Waals surface area contributed by atoms with Crippen molar-refractivity contribution in [1.29, 1.82) is 0 Å². The minimum atomic E-state index is -0.441. The molecule has 1 amide bonds. The Kier molecular flexibility index (Phi) is 4.14. The molecule has 0 N–H and O–H groups in total. The third-order valence-electron chi connectivity index (χ3n) is 3.18. The summed E-state index contributed by atoms with van der Waals surface area (Å²) in [6.07, 6.45) is 0.787. The third-order valence-corrected chi connectivity index (χ3v) is 3.18. The van der Waals surface area contributed by atoms with Crippen molar-refractivity contribution in [1.82, 2.24) is 4.90 Å². The second-order valence-corrected chi connectivity index (χ2v) is 4.60. The van der Waals surface area contributed by atoms with Crippen molar-refractivity contribution in [2.24, 2.45) is 0 Å². The van der Waals surface area contributed by atoms with E-state index in [0.717, 1.165) is 0 Å². The maximum atomic E-state index is 13.7. The van der Waals surface area contributed by atoms with Crippen molar-refractivity contribution >= 4 is 11.7 Å². The maximum Gasteiger partial charge on any atom is 0.260 e. The zero-order chi connectivity index (χ0) is 13.8. The van der Waals surface area contributed by atoms with E-state index in [4.69, 9.17) is 4.74 Å². The summed E-state index contributed by atoms with van der Waals surface area (Å²) in [5.74, 6) is -0.395. The molecule has 1 aliphatic rings. The molecule has 0 aliphatic carbocycles. The number of benzene rings is 1. The van der Waals surface area contributed by atoms with Gasteiger partial charge in [-0.2, -0.15) is 0 Å². The van der Waals surface area contributed by atoms with Crippen molar-refractivity contribution in [2.45, 2.75) is 19.8 Å². The average Bonchev–Trinajstić information content (AvgIpc) is 2.41. The minimum Gasteiger partial charge on any atom is -0.481 e. The molecule has 4 nitrogen and oxygen atoms in total. The molecule has 0 saturated carbocycles. The number of carbonyl (C=O) groups is 2. The van der Waals surface area contributed by atoms with Gasteiger partial charge in [0.15, 0.2) is 18.2 Å². The van der Waals surface area contributed by atoms with Gasteiger partial charge in [-0.15, -0.1) is 0 Å². The molecule has 1 saturated heterocycles. The Hall–Kier alpha value is -1.91. The number of nitrogens with zero attached hydrogens (tertiary/aromatic N) is 1. The summed E-state index contributed by atoms with van der Waals surface area (Å²) in [6, 6.07) is 4.81. The Morgan fingerprint density at radius 2 is 2.05 bits per heavy atom. The Morgan fingerprint density at radius 1 is 1.37 bits per heavy atom. The molecule has 5 heteroatoms. The van der Waals surface area contributed by atoms with Crippen molar-refractivity contribution in [3.8, 4) is 5.75 Å². The van der Waals surface area contributed by atoms with E-state index in [1.807, 2.05) is 0 Å². The molecule has 0 aromatic heterocycles. The predicted molar refractivity (Wildman–Crippen MR) is 67.5 cm³/mol. The van der Waals surface area contributed by atoms with E-state index in [1.54, 1.807) is 24.0 Å². The van der Waals surface area contributed by atoms with Crippen LogP contribution >= 0.6 is 0 Å². The number of ketones is 1. The second-order valence-electron chi connectivity index (χ2n) is 4.60. The van der Waals surface area contributed by atoms with Crippen LogP contribution in [-0.4, -0.2) is 36.3 Å². The van der Waals surface area contributed by atoms with E-state index in [-0.39, 0.29) is 24.0 Å². The van der Waals surface area contributed by atoms with Crippen LogP contribution in [0.2, 0.25) is 0 Å². The van der Waals surface area contributed by atoms with Gasteiger partial charge in [0.25, 0.3) is 5.91 Å². The van der Waals surface area contributed by atoms with Gasteiger partial charge in [-0.1, -0.05) is 12.1 Å². The van der Waals surface area contributed by atoms with E-state index >= 15 is 0 Å². The van der Waals surface area contributed by atoms with E-state index in [1.165, 1.54) is 6.07 Å². The van der Waals surface area contributed by atoms with Crippen molar-refractivity contribution in [2.75, 3.05) is 19.7 Å². The Labute approximate surface area is 111 Å². The first-order chi connectivity index (χ1) is 9.08. The first kappa shape index (κ1) is 13.5. The van der Waals surface area contributed by atoms with Gasteiger partial charge in [-0.3, -0.25) is 9.59 Å². The number of hydrogen-bond acceptors (Lipinski definition) is 3. The number of rotatable bonds is 3. The van der Waals surface area contributed by atoms with E-state index in [0.29, 0.717) is 31.5 Å². The quantitative estimate of drug-likeness (QED) is 0.835. The number of amides is 1. The SMILES string of the molecule is Cc1cccc(OCC(=O)N2CCC(=O)CC2)c1F. The summed E-state index contributed by atoms with van der Waals surface area (Å²) >= 11 is 0. The van der Waals surface area contributed by atoms with Gasteiger partial charge in [0.05, 0.1) is 0 Å². The molecule has 1 heterocycles. The van der Waals surface area contributed by atoms with Crippen LogP contribution in [0, 0.1) is 12.7 Å². The first-order valence-electron chi connectivity index (χ1n) is 6.25. The highest BCUT2D eigenvalue weighted by molar-refractivity contribution is 5.83. The van der Waals surface area contributed by atoms with Gasteiger partial charge < -0.3 is 9.64 Å². The minimum absolute atomic E-state index is 0.0847. The number of piperidine rings is 1. The Morgan fingerprint density at radius 3 is 2.74 bits per heavy atom. The molecule has 0 spiro atoms. The van der Waals surface area contributed by atoms with Gasteiger partial charge in [0.1, 0.15) is 5.78 Å². The predicted octanol–water partition coefficient (Wildman–Crippen LogP) is 1.70. The van der Waals surface area contributed by atoms with Crippen LogP contribution in [0.5, 0.6) is 5.75 Å². The van der Waals surface area contributed by atoms with Crippen LogP contribution in [0.4, 0.5) is 4.39 Å². The molecule has 0 atom stereocenters. The number of hydrogen-bond donors (Lipinski definition) is 0. The topological polar surface area (TPSA) is 46.6 Å². The van der Waals surface area contributed by atoms with Crippen LogP contribution in [0.15, 0.2) is 18.2 Å². The number of aryl methyl sites for hydroxylation is 1. The molecular formula is C14H16FNO3. The molecule has 1 aromatic rings. The molecule has 102 valence electrons. The monoisotopic (exact) mass is 265 g/mol. The number of likely N-dealkylation sites (tertiary alicyclic amines) is 1. The molecule has 2 rings (SSSR count). The van der Waals surface area contributed by atoms with E-state index in [2.05, 4.69) is 0 Å². The summed E-state index contributed by atoms with van der Waals surface area (Å²) in [7, 11) is 0. The van der Waals surface area contributed by atoms with Gasteiger partial charge >= 0.3 is 0 Å². The summed E-state index contributed by atoms with van der Waals surface area (Å²) in [5.41, 5.74) is 0.480. The summed E-state index contributed by atoms with van der Waals surface area (Å²) < 4.78 is 18.9. The fourth-order valence-electron chi connectivity index (χ4n) is 1.97. The molecule has 1 fully saturated rings. The second kappa shape index (κ2) is 5.82. The highest BCUT2D eigenvalue weighted by atomic mass is 19.1. The van der Waals surface area contributed by atoms with Gasteiger partial charge in [-0.25, -0.2) is 4.39 Å². The lowest BCUT2D eigenvalue weighted by molar-refractivity contribution is -0.136.